The molecule has 0 aliphatic carbocycles. The van der Waals surface area contributed by atoms with Crippen molar-refractivity contribution in [2.75, 3.05) is 7.11 Å². The van der Waals surface area contributed by atoms with Gasteiger partial charge in [-0.15, -0.1) is 0 Å². The molecule has 0 aromatic heterocycles. The van der Waals surface area contributed by atoms with Crippen molar-refractivity contribution in [2.45, 2.75) is 70.8 Å². The van der Waals surface area contributed by atoms with Crippen LogP contribution in [0.25, 0.3) is 0 Å². The van der Waals surface area contributed by atoms with Gasteiger partial charge in [0.05, 0.1) is 13.2 Å². The molecule has 0 spiro atoms. The van der Waals surface area contributed by atoms with E-state index in [4.69, 9.17) is 0 Å². The fourth-order valence-electron chi connectivity index (χ4n) is 2.14. The lowest BCUT2D eigenvalue weighted by atomic mass is 10.1. The summed E-state index contributed by atoms with van der Waals surface area (Å²) in [6.45, 7) is 2.24. The summed E-state index contributed by atoms with van der Waals surface area (Å²) in [5.74, 6) is -0.231. The molecular formula is C21H34O3. The van der Waals surface area contributed by atoms with Crippen LogP contribution >= 0.6 is 0 Å². The van der Waals surface area contributed by atoms with Crippen LogP contribution in [0.2, 0.25) is 0 Å². The molecule has 0 aromatic carbocycles. The second-order valence-electron chi connectivity index (χ2n) is 5.82. The van der Waals surface area contributed by atoms with Gasteiger partial charge in [-0.3, -0.25) is 4.79 Å². The fraction of sp³-hybridized carbons (Fsp3) is 0.571. The van der Waals surface area contributed by atoms with E-state index in [0.29, 0.717) is 19.3 Å². The molecule has 1 N–H and O–H groups in total. The summed E-state index contributed by atoms with van der Waals surface area (Å²) in [7, 11) is 1.37. The van der Waals surface area contributed by atoms with Gasteiger partial charge in [0.15, 0.2) is 0 Å². The zero-order valence-electron chi connectivity index (χ0n) is 15.3. The number of ether oxygens (including phenoxy) is 1. The van der Waals surface area contributed by atoms with E-state index in [0.717, 1.165) is 6.42 Å². The molecule has 136 valence electrons. The van der Waals surface area contributed by atoms with Crippen molar-refractivity contribution in [3.8, 4) is 0 Å². The summed E-state index contributed by atoms with van der Waals surface area (Å²) in [6, 6.07) is 0. The number of methoxy groups -OCH3 is 1. The van der Waals surface area contributed by atoms with Crippen LogP contribution in [-0.2, 0) is 9.53 Å². The monoisotopic (exact) mass is 334 g/mol. The van der Waals surface area contributed by atoms with Crippen molar-refractivity contribution in [3.05, 3.63) is 48.6 Å². The van der Waals surface area contributed by atoms with E-state index in [2.05, 4.69) is 23.8 Å². The number of hydrogen-bond donors (Lipinski definition) is 1. The summed E-state index contributed by atoms with van der Waals surface area (Å²) in [4.78, 5) is 10.9. The molecule has 1 atom stereocenters. The molecule has 24 heavy (non-hydrogen) atoms. The van der Waals surface area contributed by atoms with Crippen LogP contribution in [0.5, 0.6) is 0 Å². The number of carbonyl (C=O) groups excluding carboxylic acids is 1. The molecule has 3 nitrogen and oxygen atoms in total. The first-order valence-corrected chi connectivity index (χ1v) is 9.12. The average molecular weight is 335 g/mol. The third kappa shape index (κ3) is 16.8. The number of unbranched alkanes of at least 4 members (excludes halogenated alkanes) is 5. The van der Waals surface area contributed by atoms with Crippen molar-refractivity contribution in [1.82, 2.24) is 0 Å². The number of aliphatic hydroxyl groups is 1. The summed E-state index contributed by atoms with van der Waals surface area (Å²) >= 11 is 0. The standard InChI is InChI=1S/C21H34O3/c1-3-4-5-6-7-8-9-10-11-12-13-14-15-17-20(22)18-16-19-21(23)24-2/h9-15,17,20,22H,3-8,16,18-19H2,1-2H3/b10-9+,12-11-,14-13+,17-15+/t20-/m1/s1. The average Bonchev–Trinajstić information content (AvgIpc) is 2.58. The van der Waals surface area contributed by atoms with Crippen LogP contribution in [0.3, 0.4) is 0 Å². The van der Waals surface area contributed by atoms with Gasteiger partial charge in [-0.1, -0.05) is 81.2 Å². The van der Waals surface area contributed by atoms with Crippen LogP contribution in [0, 0.1) is 0 Å². The van der Waals surface area contributed by atoms with Crippen molar-refractivity contribution in [1.29, 1.82) is 0 Å². The first kappa shape index (κ1) is 22.4. The largest absolute Gasteiger partial charge is 0.469 e. The van der Waals surface area contributed by atoms with E-state index in [1.165, 1.54) is 39.2 Å². The number of allylic oxidation sites excluding steroid dienone is 7. The molecule has 0 aliphatic rings. The maximum absolute atomic E-state index is 10.9. The van der Waals surface area contributed by atoms with Crippen molar-refractivity contribution in [2.24, 2.45) is 0 Å². The summed E-state index contributed by atoms with van der Waals surface area (Å²) in [5.41, 5.74) is 0. The Morgan fingerprint density at radius 3 is 2.33 bits per heavy atom. The maximum atomic E-state index is 10.9. The van der Waals surface area contributed by atoms with Crippen LogP contribution in [0.4, 0.5) is 0 Å². The predicted molar refractivity (Wildman–Crippen MR) is 102 cm³/mol. The minimum absolute atomic E-state index is 0.231. The SMILES string of the molecule is CCCCCCC/C=C/C=C\C=C\C=C\[C@@H](O)CCCC(=O)OC. The van der Waals surface area contributed by atoms with Gasteiger partial charge in [-0.25, -0.2) is 0 Å². The molecular weight excluding hydrogens is 300 g/mol. The quantitative estimate of drug-likeness (QED) is 0.267. The van der Waals surface area contributed by atoms with E-state index in [9.17, 15) is 9.90 Å². The highest BCUT2D eigenvalue weighted by atomic mass is 16.5. The first-order valence-electron chi connectivity index (χ1n) is 9.12. The normalized spacial score (nSPS) is 13.6. The highest BCUT2D eigenvalue weighted by Gasteiger charge is 2.02. The van der Waals surface area contributed by atoms with Gasteiger partial charge in [0, 0.05) is 6.42 Å². The summed E-state index contributed by atoms with van der Waals surface area (Å²) in [5, 5.41) is 9.71. The number of carbonyl (C=O) groups is 1. The molecule has 0 bridgehead atoms. The Bertz CT molecular complexity index is 405. The van der Waals surface area contributed by atoms with Gasteiger partial charge in [0.25, 0.3) is 0 Å². The third-order valence-corrected chi connectivity index (χ3v) is 3.61. The lowest BCUT2D eigenvalue weighted by Gasteiger charge is -2.03. The zero-order chi connectivity index (χ0) is 17.9. The topological polar surface area (TPSA) is 46.5 Å². The third-order valence-electron chi connectivity index (χ3n) is 3.61. The molecule has 0 saturated heterocycles. The van der Waals surface area contributed by atoms with E-state index in [1.54, 1.807) is 6.08 Å². The molecule has 3 heteroatoms. The van der Waals surface area contributed by atoms with Gasteiger partial charge in [0.1, 0.15) is 0 Å². The molecule has 0 fully saturated rings. The van der Waals surface area contributed by atoms with E-state index in [1.807, 2.05) is 30.4 Å². The molecule has 0 radical (unpaired) electrons. The Morgan fingerprint density at radius 1 is 0.958 bits per heavy atom. The van der Waals surface area contributed by atoms with Gasteiger partial charge in [-0.05, 0) is 25.7 Å². The Hall–Kier alpha value is -1.61. The van der Waals surface area contributed by atoms with Crippen molar-refractivity contribution >= 4 is 5.97 Å². The molecule has 0 saturated carbocycles. The zero-order valence-corrected chi connectivity index (χ0v) is 15.3. The molecule has 0 amide bonds. The second kappa shape index (κ2) is 17.7. The minimum Gasteiger partial charge on any atom is -0.469 e. The Morgan fingerprint density at radius 2 is 1.62 bits per heavy atom. The Balaban J connectivity index is 3.65. The summed E-state index contributed by atoms with van der Waals surface area (Å²) in [6.07, 6.45) is 24.4. The Kier molecular flexibility index (Phi) is 16.5. The van der Waals surface area contributed by atoms with Crippen LogP contribution in [0.15, 0.2) is 48.6 Å². The van der Waals surface area contributed by atoms with E-state index >= 15 is 0 Å². The second-order valence-corrected chi connectivity index (χ2v) is 5.82. The van der Waals surface area contributed by atoms with Gasteiger partial charge in [-0.2, -0.15) is 0 Å². The fourth-order valence-corrected chi connectivity index (χ4v) is 2.14. The van der Waals surface area contributed by atoms with Gasteiger partial charge >= 0.3 is 5.97 Å². The molecule has 0 rings (SSSR count). The van der Waals surface area contributed by atoms with Crippen molar-refractivity contribution < 1.29 is 14.6 Å². The highest BCUT2D eigenvalue weighted by Crippen LogP contribution is 2.05. The maximum Gasteiger partial charge on any atom is 0.305 e. The minimum atomic E-state index is -0.518. The Labute approximate surface area is 147 Å². The lowest BCUT2D eigenvalue weighted by molar-refractivity contribution is -0.140. The van der Waals surface area contributed by atoms with Crippen LogP contribution < -0.4 is 0 Å². The number of hydrogen-bond acceptors (Lipinski definition) is 3. The number of aliphatic hydroxyl groups excluding tert-OH is 1. The number of rotatable bonds is 14. The molecule has 0 aromatic rings. The molecule has 0 unspecified atom stereocenters. The summed E-state index contributed by atoms with van der Waals surface area (Å²) < 4.78 is 4.55. The van der Waals surface area contributed by atoms with Gasteiger partial charge in [0.2, 0.25) is 0 Å². The highest BCUT2D eigenvalue weighted by molar-refractivity contribution is 5.68. The molecule has 0 heterocycles. The van der Waals surface area contributed by atoms with E-state index < -0.39 is 6.10 Å². The van der Waals surface area contributed by atoms with Crippen LogP contribution in [-0.4, -0.2) is 24.3 Å². The number of esters is 1. The first-order chi connectivity index (χ1) is 11.7. The lowest BCUT2D eigenvalue weighted by Crippen LogP contribution is -2.05. The van der Waals surface area contributed by atoms with Crippen molar-refractivity contribution in [3.63, 3.8) is 0 Å². The molecule has 0 aliphatic heterocycles. The van der Waals surface area contributed by atoms with Crippen LogP contribution in [0.1, 0.15) is 64.7 Å². The smallest absolute Gasteiger partial charge is 0.305 e. The predicted octanol–water partition coefficient (Wildman–Crippen LogP) is 5.28. The van der Waals surface area contributed by atoms with Gasteiger partial charge < -0.3 is 9.84 Å². The van der Waals surface area contributed by atoms with E-state index in [-0.39, 0.29) is 5.97 Å².